The Morgan fingerprint density at radius 3 is 3.05 bits per heavy atom. The molecule has 0 bridgehead atoms. The summed E-state index contributed by atoms with van der Waals surface area (Å²) in [6, 6.07) is 10.3. The van der Waals surface area contributed by atoms with Crippen LogP contribution >= 0.6 is 0 Å². The number of nitrogens with one attached hydrogen (secondary N) is 1. The molecule has 1 aromatic carbocycles. The number of carbonyl (C=O) groups excluding carboxylic acids is 1. The molecule has 0 radical (unpaired) electrons. The molecule has 0 saturated carbocycles. The van der Waals surface area contributed by atoms with Crippen LogP contribution in [-0.4, -0.2) is 30.4 Å². The smallest absolute Gasteiger partial charge is 0.224 e. The van der Waals surface area contributed by atoms with Gasteiger partial charge < -0.3 is 14.6 Å². The van der Waals surface area contributed by atoms with Gasteiger partial charge in [-0.1, -0.05) is 18.2 Å². The van der Waals surface area contributed by atoms with Crippen molar-refractivity contribution < 1.29 is 9.21 Å². The van der Waals surface area contributed by atoms with E-state index in [0.29, 0.717) is 19.0 Å². The van der Waals surface area contributed by atoms with Crippen molar-refractivity contribution >= 4 is 16.9 Å². The van der Waals surface area contributed by atoms with Crippen molar-refractivity contribution in [2.45, 2.75) is 31.8 Å². The van der Waals surface area contributed by atoms with Gasteiger partial charge >= 0.3 is 0 Å². The van der Waals surface area contributed by atoms with Gasteiger partial charge in [-0.3, -0.25) is 4.79 Å². The molecule has 1 aliphatic rings. The van der Waals surface area contributed by atoms with Gasteiger partial charge in [-0.2, -0.15) is 0 Å². The molecule has 1 N–H and O–H groups in total. The number of carbonyl (C=O) groups is 1. The zero-order chi connectivity index (χ0) is 13.9. The molecular formula is C16H20N2O2. The maximum atomic E-state index is 12.2. The normalized spacial score (nSPS) is 18.6. The summed E-state index contributed by atoms with van der Waals surface area (Å²) < 4.78 is 5.75. The van der Waals surface area contributed by atoms with Crippen molar-refractivity contribution in [1.29, 1.82) is 0 Å². The van der Waals surface area contributed by atoms with Gasteiger partial charge in [0, 0.05) is 24.9 Å². The number of benzene rings is 1. The maximum Gasteiger partial charge on any atom is 0.224 e. The van der Waals surface area contributed by atoms with Gasteiger partial charge in [0.2, 0.25) is 5.91 Å². The minimum atomic E-state index is 0.171. The first-order chi connectivity index (χ1) is 9.72. The van der Waals surface area contributed by atoms with Crippen LogP contribution in [0.5, 0.6) is 0 Å². The molecule has 1 fully saturated rings. The van der Waals surface area contributed by atoms with Crippen molar-refractivity contribution in [2.24, 2.45) is 0 Å². The first kappa shape index (κ1) is 13.2. The summed E-state index contributed by atoms with van der Waals surface area (Å²) in [6.07, 6.45) is 2.85. The van der Waals surface area contributed by atoms with Gasteiger partial charge in [0.15, 0.2) is 0 Å². The van der Waals surface area contributed by atoms with Crippen molar-refractivity contribution in [2.75, 3.05) is 13.6 Å². The van der Waals surface area contributed by atoms with Crippen molar-refractivity contribution in [3.63, 3.8) is 0 Å². The number of hydrogen-bond donors (Lipinski definition) is 1. The molecule has 4 nitrogen and oxygen atoms in total. The zero-order valence-electron chi connectivity index (χ0n) is 11.8. The predicted octanol–water partition coefficient (Wildman–Crippen LogP) is 2.53. The number of amides is 1. The Kier molecular flexibility index (Phi) is 3.74. The lowest BCUT2D eigenvalue weighted by molar-refractivity contribution is -0.131. The van der Waals surface area contributed by atoms with Gasteiger partial charge in [-0.05, 0) is 31.5 Å². The van der Waals surface area contributed by atoms with E-state index in [0.717, 1.165) is 29.7 Å². The number of hydrogen-bond acceptors (Lipinski definition) is 3. The van der Waals surface area contributed by atoms with E-state index in [-0.39, 0.29) is 5.91 Å². The fraction of sp³-hybridized carbons (Fsp3) is 0.438. The quantitative estimate of drug-likeness (QED) is 0.930. The Bertz CT molecular complexity index is 566. The number of rotatable bonds is 4. The summed E-state index contributed by atoms with van der Waals surface area (Å²) in [5.74, 6) is 1.01. The highest BCUT2D eigenvalue weighted by atomic mass is 16.3. The molecule has 1 aromatic heterocycles. The minimum Gasteiger partial charge on any atom is -0.459 e. The SMILES string of the molecule is CN(Cc1cc2ccccc2o1)C(=O)CC1CCCN1. The second kappa shape index (κ2) is 5.67. The molecule has 1 amide bonds. The van der Waals surface area contributed by atoms with E-state index in [1.54, 1.807) is 4.90 Å². The van der Waals surface area contributed by atoms with Gasteiger partial charge in [-0.25, -0.2) is 0 Å². The first-order valence-corrected chi connectivity index (χ1v) is 7.17. The summed E-state index contributed by atoms with van der Waals surface area (Å²) in [4.78, 5) is 13.9. The number of fused-ring (bicyclic) bond motifs is 1. The molecule has 1 atom stereocenters. The Hall–Kier alpha value is -1.81. The van der Waals surface area contributed by atoms with E-state index < -0.39 is 0 Å². The van der Waals surface area contributed by atoms with Crippen LogP contribution in [-0.2, 0) is 11.3 Å². The Labute approximate surface area is 118 Å². The highest BCUT2D eigenvalue weighted by molar-refractivity contribution is 5.78. The van der Waals surface area contributed by atoms with Crippen LogP contribution in [0.4, 0.5) is 0 Å². The monoisotopic (exact) mass is 272 g/mol. The van der Waals surface area contributed by atoms with E-state index in [1.165, 1.54) is 6.42 Å². The van der Waals surface area contributed by atoms with Crippen LogP contribution in [0.1, 0.15) is 25.0 Å². The van der Waals surface area contributed by atoms with Crippen LogP contribution in [0.3, 0.4) is 0 Å². The lowest BCUT2D eigenvalue weighted by Gasteiger charge is -2.18. The molecule has 0 spiro atoms. The molecule has 2 heterocycles. The van der Waals surface area contributed by atoms with E-state index in [4.69, 9.17) is 4.42 Å². The molecular weight excluding hydrogens is 252 g/mol. The second-order valence-corrected chi connectivity index (χ2v) is 5.50. The molecule has 106 valence electrons. The first-order valence-electron chi connectivity index (χ1n) is 7.17. The van der Waals surface area contributed by atoms with Gasteiger partial charge in [0.05, 0.1) is 6.54 Å². The number of para-hydroxylation sites is 1. The van der Waals surface area contributed by atoms with Crippen molar-refractivity contribution in [3.05, 3.63) is 36.1 Å². The Balaban J connectivity index is 1.62. The fourth-order valence-corrected chi connectivity index (χ4v) is 2.73. The summed E-state index contributed by atoms with van der Waals surface area (Å²) in [5.41, 5.74) is 0.876. The molecule has 20 heavy (non-hydrogen) atoms. The number of furan rings is 1. The standard InChI is InChI=1S/C16H20N2O2/c1-18(16(19)10-13-6-4-8-17-13)11-14-9-12-5-2-3-7-15(12)20-14/h2-3,5,7,9,13,17H,4,6,8,10-11H2,1H3. The fourth-order valence-electron chi connectivity index (χ4n) is 2.73. The van der Waals surface area contributed by atoms with Gasteiger partial charge in [0.1, 0.15) is 11.3 Å². The Morgan fingerprint density at radius 2 is 2.30 bits per heavy atom. The summed E-state index contributed by atoms with van der Waals surface area (Å²) in [6.45, 7) is 1.56. The largest absolute Gasteiger partial charge is 0.459 e. The molecule has 2 aromatic rings. The van der Waals surface area contributed by atoms with E-state index in [1.807, 2.05) is 37.4 Å². The molecule has 4 heteroatoms. The van der Waals surface area contributed by atoms with Crippen molar-refractivity contribution in [3.8, 4) is 0 Å². The zero-order valence-corrected chi connectivity index (χ0v) is 11.8. The van der Waals surface area contributed by atoms with Crippen molar-refractivity contribution in [1.82, 2.24) is 10.2 Å². The maximum absolute atomic E-state index is 12.2. The minimum absolute atomic E-state index is 0.171. The lowest BCUT2D eigenvalue weighted by atomic mass is 10.1. The third kappa shape index (κ3) is 2.85. The highest BCUT2D eigenvalue weighted by Crippen LogP contribution is 2.20. The van der Waals surface area contributed by atoms with Crippen LogP contribution in [0.2, 0.25) is 0 Å². The van der Waals surface area contributed by atoms with Crippen LogP contribution in [0.25, 0.3) is 11.0 Å². The predicted molar refractivity (Wildman–Crippen MR) is 78.3 cm³/mol. The van der Waals surface area contributed by atoms with Gasteiger partial charge in [-0.15, -0.1) is 0 Å². The average molecular weight is 272 g/mol. The van der Waals surface area contributed by atoms with E-state index >= 15 is 0 Å². The lowest BCUT2D eigenvalue weighted by Crippen LogP contribution is -2.33. The third-order valence-corrected chi connectivity index (χ3v) is 3.88. The van der Waals surface area contributed by atoms with E-state index in [9.17, 15) is 4.79 Å². The third-order valence-electron chi connectivity index (χ3n) is 3.88. The average Bonchev–Trinajstić information content (AvgIpc) is 3.06. The second-order valence-electron chi connectivity index (χ2n) is 5.50. The van der Waals surface area contributed by atoms with Gasteiger partial charge in [0.25, 0.3) is 0 Å². The Morgan fingerprint density at radius 1 is 1.45 bits per heavy atom. The van der Waals surface area contributed by atoms with Crippen LogP contribution in [0, 0.1) is 0 Å². The molecule has 1 unspecified atom stereocenters. The number of nitrogens with zero attached hydrogens (tertiary/aromatic N) is 1. The summed E-state index contributed by atoms with van der Waals surface area (Å²) in [5, 5.41) is 4.44. The molecule has 1 aliphatic heterocycles. The van der Waals surface area contributed by atoms with Crippen LogP contribution < -0.4 is 5.32 Å². The molecule has 3 rings (SSSR count). The summed E-state index contributed by atoms with van der Waals surface area (Å²) in [7, 11) is 1.84. The van der Waals surface area contributed by atoms with Crippen LogP contribution in [0.15, 0.2) is 34.7 Å². The molecule has 1 saturated heterocycles. The highest BCUT2D eigenvalue weighted by Gasteiger charge is 2.20. The summed E-state index contributed by atoms with van der Waals surface area (Å²) >= 11 is 0. The molecule has 0 aliphatic carbocycles. The topological polar surface area (TPSA) is 45.5 Å². The van der Waals surface area contributed by atoms with E-state index in [2.05, 4.69) is 5.32 Å².